The molecule has 3 rings (SSSR count). The minimum atomic E-state index is -0.708. The fraction of sp³-hybridized carbons (Fsp3) is 0.500. The second-order valence-corrected chi connectivity index (χ2v) is 6.38. The Morgan fingerprint density at radius 1 is 1.27 bits per heavy atom. The van der Waals surface area contributed by atoms with Gasteiger partial charge in [0.1, 0.15) is 11.8 Å². The van der Waals surface area contributed by atoms with Crippen molar-refractivity contribution in [2.24, 2.45) is 0 Å². The topological polar surface area (TPSA) is 53.0 Å². The molecule has 8 heteroatoms. The van der Waals surface area contributed by atoms with Gasteiger partial charge in [0.2, 0.25) is 0 Å². The van der Waals surface area contributed by atoms with Gasteiger partial charge in [0, 0.05) is 36.7 Å². The van der Waals surface area contributed by atoms with Crippen LogP contribution in [0, 0.1) is 11.6 Å². The summed E-state index contributed by atoms with van der Waals surface area (Å²) in [5.74, 6) is 0.276. The summed E-state index contributed by atoms with van der Waals surface area (Å²) in [5, 5.41) is 9.01. The largest absolute Gasteiger partial charge is 0.441 e. The number of cyclic esters (lactones) is 1. The van der Waals surface area contributed by atoms with E-state index in [4.69, 9.17) is 9.84 Å². The lowest BCUT2D eigenvalue weighted by Gasteiger charge is -2.29. The highest BCUT2D eigenvalue weighted by atomic mass is 32.2. The first-order chi connectivity index (χ1) is 10.6. The van der Waals surface area contributed by atoms with Crippen molar-refractivity contribution in [3.05, 3.63) is 23.8 Å². The van der Waals surface area contributed by atoms with Gasteiger partial charge in [-0.1, -0.05) is 0 Å². The molecule has 120 valence electrons. The van der Waals surface area contributed by atoms with E-state index in [1.165, 1.54) is 0 Å². The first-order valence-electron chi connectivity index (χ1n) is 7.01. The third-order valence-corrected chi connectivity index (χ3v) is 4.66. The van der Waals surface area contributed by atoms with E-state index in [1.54, 1.807) is 16.7 Å². The molecule has 1 N–H and O–H groups in total. The molecule has 2 aliphatic rings. The van der Waals surface area contributed by atoms with Gasteiger partial charge in [0.25, 0.3) is 0 Å². The third-order valence-electron chi connectivity index (χ3n) is 3.72. The summed E-state index contributed by atoms with van der Waals surface area (Å²) in [5.41, 5.74) is 0.0569. The first kappa shape index (κ1) is 15.4. The van der Waals surface area contributed by atoms with Crippen molar-refractivity contribution >= 4 is 29.2 Å². The molecule has 1 aromatic rings. The van der Waals surface area contributed by atoms with Gasteiger partial charge in [-0.15, -0.1) is 0 Å². The summed E-state index contributed by atoms with van der Waals surface area (Å²) in [6.07, 6.45) is -1.38. The maximum absolute atomic E-state index is 14.3. The molecule has 1 aromatic carbocycles. The van der Waals surface area contributed by atoms with Crippen molar-refractivity contribution in [1.82, 2.24) is 0 Å². The van der Waals surface area contributed by atoms with E-state index in [0.717, 1.165) is 28.5 Å². The van der Waals surface area contributed by atoms with Crippen LogP contribution in [0.5, 0.6) is 0 Å². The third kappa shape index (κ3) is 2.85. The van der Waals surface area contributed by atoms with Crippen LogP contribution in [-0.4, -0.2) is 55.1 Å². The molecule has 2 heterocycles. The molecule has 22 heavy (non-hydrogen) atoms. The van der Waals surface area contributed by atoms with E-state index >= 15 is 0 Å². The van der Waals surface area contributed by atoms with Crippen LogP contribution < -0.4 is 9.80 Å². The second kappa shape index (κ2) is 6.29. The number of thioether (sulfide) groups is 1. The smallest absolute Gasteiger partial charge is 0.414 e. The minimum absolute atomic E-state index is 0.0460. The minimum Gasteiger partial charge on any atom is -0.441 e. The Morgan fingerprint density at radius 2 is 1.91 bits per heavy atom. The molecular formula is C14H16F2N2O3S. The average Bonchev–Trinajstić information content (AvgIpc) is 2.89. The van der Waals surface area contributed by atoms with Crippen LogP contribution >= 0.6 is 11.8 Å². The zero-order valence-corrected chi connectivity index (χ0v) is 12.6. The fourth-order valence-corrected chi connectivity index (χ4v) is 3.53. The number of aliphatic hydroxyl groups excluding tert-OH is 1. The molecule has 2 fully saturated rings. The highest BCUT2D eigenvalue weighted by molar-refractivity contribution is 7.99. The number of anilines is 2. The van der Waals surface area contributed by atoms with E-state index < -0.39 is 23.8 Å². The van der Waals surface area contributed by atoms with Gasteiger partial charge in [0.05, 0.1) is 18.8 Å². The number of benzene rings is 1. The quantitative estimate of drug-likeness (QED) is 0.916. The standard InChI is InChI=1S/C14H16F2N2O3S/c15-11-5-9(18-7-10(8-19)21-14(18)20)6-12(16)13(11)17-1-3-22-4-2-17/h5-6,10,19H,1-4,7-8H2. The van der Waals surface area contributed by atoms with E-state index in [1.807, 2.05) is 0 Å². The van der Waals surface area contributed by atoms with Gasteiger partial charge in [-0.2, -0.15) is 11.8 Å². The zero-order valence-electron chi connectivity index (χ0n) is 11.8. The van der Waals surface area contributed by atoms with Crippen LogP contribution in [0.4, 0.5) is 25.0 Å². The number of aliphatic hydroxyl groups is 1. The second-order valence-electron chi connectivity index (χ2n) is 5.16. The maximum Gasteiger partial charge on any atom is 0.414 e. The van der Waals surface area contributed by atoms with E-state index in [0.29, 0.717) is 13.1 Å². The number of hydrogen-bond donors (Lipinski definition) is 1. The monoisotopic (exact) mass is 330 g/mol. The van der Waals surface area contributed by atoms with E-state index in [-0.39, 0.29) is 24.5 Å². The molecule has 0 radical (unpaired) electrons. The van der Waals surface area contributed by atoms with Crippen LogP contribution in [0.15, 0.2) is 12.1 Å². The number of ether oxygens (including phenoxy) is 1. The molecule has 1 amide bonds. The lowest BCUT2D eigenvalue weighted by atomic mass is 10.2. The molecule has 0 bridgehead atoms. The number of amides is 1. The Bertz CT molecular complexity index is 558. The number of carbonyl (C=O) groups excluding carboxylic acids is 1. The summed E-state index contributed by atoms with van der Waals surface area (Å²) in [6.45, 7) is 0.942. The number of hydrogen-bond acceptors (Lipinski definition) is 5. The lowest BCUT2D eigenvalue weighted by Crippen LogP contribution is -2.34. The molecule has 2 saturated heterocycles. The maximum atomic E-state index is 14.3. The van der Waals surface area contributed by atoms with Crippen LogP contribution in [-0.2, 0) is 4.74 Å². The summed E-state index contributed by atoms with van der Waals surface area (Å²) in [4.78, 5) is 14.5. The highest BCUT2D eigenvalue weighted by Gasteiger charge is 2.33. The van der Waals surface area contributed by atoms with Crippen LogP contribution in [0.2, 0.25) is 0 Å². The van der Waals surface area contributed by atoms with Crippen LogP contribution in [0.25, 0.3) is 0 Å². The SMILES string of the molecule is O=C1OC(CO)CN1c1cc(F)c(N2CCSCC2)c(F)c1. The molecule has 0 aliphatic carbocycles. The van der Waals surface area contributed by atoms with Crippen molar-refractivity contribution in [3.63, 3.8) is 0 Å². The Labute approximate surface area is 130 Å². The molecule has 1 atom stereocenters. The summed E-state index contributed by atoms with van der Waals surface area (Å²) in [7, 11) is 0. The Hall–Kier alpha value is -1.54. The summed E-state index contributed by atoms with van der Waals surface area (Å²) >= 11 is 1.75. The van der Waals surface area contributed by atoms with Crippen molar-refractivity contribution in [2.45, 2.75) is 6.10 Å². The molecule has 2 aliphatic heterocycles. The van der Waals surface area contributed by atoms with Gasteiger partial charge >= 0.3 is 6.09 Å². The highest BCUT2D eigenvalue weighted by Crippen LogP contribution is 2.32. The average molecular weight is 330 g/mol. The fourth-order valence-electron chi connectivity index (χ4n) is 2.62. The molecule has 0 aromatic heterocycles. The van der Waals surface area contributed by atoms with Gasteiger partial charge < -0.3 is 14.7 Å². The first-order valence-corrected chi connectivity index (χ1v) is 8.16. The van der Waals surface area contributed by atoms with Crippen LogP contribution in [0.1, 0.15) is 0 Å². The number of rotatable bonds is 3. The van der Waals surface area contributed by atoms with E-state index in [9.17, 15) is 13.6 Å². The van der Waals surface area contributed by atoms with Crippen LogP contribution in [0.3, 0.4) is 0 Å². The summed E-state index contributed by atoms with van der Waals surface area (Å²) < 4.78 is 33.6. The van der Waals surface area contributed by atoms with Crippen molar-refractivity contribution in [1.29, 1.82) is 0 Å². The lowest BCUT2D eigenvalue weighted by molar-refractivity contribution is 0.0963. The van der Waals surface area contributed by atoms with Gasteiger partial charge in [0.15, 0.2) is 11.6 Å². The summed E-state index contributed by atoms with van der Waals surface area (Å²) in [6, 6.07) is 2.28. The molecule has 1 unspecified atom stereocenters. The molecule has 0 spiro atoms. The van der Waals surface area contributed by atoms with E-state index in [2.05, 4.69) is 0 Å². The molecule has 0 saturated carbocycles. The molecular weight excluding hydrogens is 314 g/mol. The zero-order chi connectivity index (χ0) is 15.7. The number of halogens is 2. The normalized spacial score (nSPS) is 22.1. The van der Waals surface area contributed by atoms with Crippen molar-refractivity contribution in [2.75, 3.05) is 47.5 Å². The van der Waals surface area contributed by atoms with Crippen molar-refractivity contribution < 1.29 is 23.4 Å². The van der Waals surface area contributed by atoms with Gasteiger partial charge in [-0.25, -0.2) is 13.6 Å². The predicted octanol–water partition coefficient (Wildman–Crippen LogP) is 1.84. The van der Waals surface area contributed by atoms with Gasteiger partial charge in [-0.3, -0.25) is 4.90 Å². The Morgan fingerprint density at radius 3 is 2.45 bits per heavy atom. The Kier molecular flexibility index (Phi) is 4.39. The predicted molar refractivity (Wildman–Crippen MR) is 80.6 cm³/mol. The number of carbonyl (C=O) groups is 1. The van der Waals surface area contributed by atoms with Gasteiger partial charge in [-0.05, 0) is 0 Å². The number of nitrogens with zero attached hydrogens (tertiary/aromatic N) is 2. The Balaban J connectivity index is 1.87. The molecule has 5 nitrogen and oxygen atoms in total. The van der Waals surface area contributed by atoms with Crippen molar-refractivity contribution in [3.8, 4) is 0 Å².